The maximum absolute atomic E-state index is 11.2. The molecular weight excluding hydrogens is 266 g/mol. The normalized spacial score (nSPS) is 25.3. The van der Waals surface area contributed by atoms with E-state index in [0.717, 1.165) is 25.7 Å². The van der Waals surface area contributed by atoms with Gasteiger partial charge in [0.2, 0.25) is 0 Å². The molecule has 0 bridgehead atoms. The monoisotopic (exact) mass is 287 g/mol. The summed E-state index contributed by atoms with van der Waals surface area (Å²) in [6.45, 7) is 5.61. The fraction of sp³-hybridized carbons (Fsp3) is 0.625. The van der Waals surface area contributed by atoms with Gasteiger partial charge >= 0.3 is 0 Å². The molecule has 1 aliphatic rings. The number of pyridine rings is 1. The summed E-state index contributed by atoms with van der Waals surface area (Å²) < 4.78 is 0. The first-order chi connectivity index (χ1) is 9.88. The molecule has 1 aromatic heterocycles. The van der Waals surface area contributed by atoms with Crippen LogP contribution in [0.1, 0.15) is 49.4 Å². The third-order valence-corrected chi connectivity index (χ3v) is 4.59. The maximum Gasteiger partial charge on any atom is 0.278 e. The molecule has 5 heteroatoms. The minimum absolute atomic E-state index is 0.136. The highest BCUT2D eigenvalue weighted by Gasteiger charge is 2.36. The highest BCUT2D eigenvalue weighted by atomic mass is 16.6. The SMILES string of the molecule is Cc1cnc(CC2(C#N)CCCC(C)C2)c(C)c1[N+](=O)[O-]. The Balaban J connectivity index is 2.37. The third-order valence-electron chi connectivity index (χ3n) is 4.59. The van der Waals surface area contributed by atoms with Crippen molar-refractivity contribution in [2.75, 3.05) is 0 Å². The maximum atomic E-state index is 11.2. The summed E-state index contributed by atoms with van der Waals surface area (Å²) in [5.41, 5.74) is 1.59. The molecule has 1 aromatic rings. The van der Waals surface area contributed by atoms with Gasteiger partial charge in [0.1, 0.15) is 0 Å². The van der Waals surface area contributed by atoms with E-state index in [9.17, 15) is 15.4 Å². The molecule has 0 saturated heterocycles. The zero-order chi connectivity index (χ0) is 15.6. The van der Waals surface area contributed by atoms with Gasteiger partial charge in [0.15, 0.2) is 0 Å². The minimum atomic E-state index is -0.418. The van der Waals surface area contributed by atoms with Crippen LogP contribution >= 0.6 is 0 Å². The summed E-state index contributed by atoms with van der Waals surface area (Å²) >= 11 is 0. The second-order valence-electron chi connectivity index (χ2n) is 6.39. The molecule has 1 aliphatic carbocycles. The Morgan fingerprint density at radius 2 is 2.29 bits per heavy atom. The topological polar surface area (TPSA) is 79.8 Å². The molecule has 0 amide bonds. The molecule has 1 saturated carbocycles. The Kier molecular flexibility index (Phi) is 4.26. The van der Waals surface area contributed by atoms with Crippen molar-refractivity contribution >= 4 is 5.69 Å². The van der Waals surface area contributed by atoms with Crippen LogP contribution in [0, 0.1) is 46.6 Å². The second kappa shape index (κ2) is 5.80. The van der Waals surface area contributed by atoms with Crippen LogP contribution in [0.15, 0.2) is 6.20 Å². The van der Waals surface area contributed by atoms with Crippen LogP contribution in [0.3, 0.4) is 0 Å². The lowest BCUT2D eigenvalue weighted by Gasteiger charge is -2.34. The van der Waals surface area contributed by atoms with Gasteiger partial charge in [-0.15, -0.1) is 0 Å². The lowest BCUT2D eigenvalue weighted by Crippen LogP contribution is -2.29. The smallest absolute Gasteiger partial charge is 0.260 e. The minimum Gasteiger partial charge on any atom is -0.260 e. The summed E-state index contributed by atoms with van der Waals surface area (Å²) in [5.74, 6) is 0.527. The lowest BCUT2D eigenvalue weighted by atomic mass is 9.68. The average molecular weight is 287 g/mol. The predicted molar refractivity (Wildman–Crippen MR) is 79.7 cm³/mol. The summed E-state index contributed by atoms with van der Waals surface area (Å²) in [4.78, 5) is 15.2. The summed E-state index contributed by atoms with van der Waals surface area (Å²) in [5, 5.41) is 20.8. The molecule has 5 nitrogen and oxygen atoms in total. The standard InChI is InChI=1S/C16H21N3O2/c1-11-5-4-6-16(7-11,10-17)8-14-13(3)15(19(20)21)12(2)9-18-14/h9,11H,4-8H2,1-3H3. The molecule has 21 heavy (non-hydrogen) atoms. The van der Waals surface area contributed by atoms with Crippen molar-refractivity contribution in [1.29, 1.82) is 5.26 Å². The van der Waals surface area contributed by atoms with Gasteiger partial charge in [-0.2, -0.15) is 5.26 Å². The van der Waals surface area contributed by atoms with Crippen molar-refractivity contribution in [3.05, 3.63) is 33.1 Å². The van der Waals surface area contributed by atoms with Crippen LogP contribution in [0.2, 0.25) is 0 Å². The molecule has 112 valence electrons. The van der Waals surface area contributed by atoms with E-state index in [1.807, 2.05) is 0 Å². The average Bonchev–Trinajstić information content (AvgIpc) is 2.42. The van der Waals surface area contributed by atoms with E-state index in [2.05, 4.69) is 18.0 Å². The van der Waals surface area contributed by atoms with Gasteiger partial charge in [0.05, 0.1) is 22.1 Å². The molecule has 2 atom stereocenters. The van der Waals surface area contributed by atoms with E-state index in [1.54, 1.807) is 20.0 Å². The molecule has 0 aromatic carbocycles. The van der Waals surface area contributed by atoms with Gasteiger partial charge in [0.25, 0.3) is 5.69 Å². The number of aryl methyl sites for hydroxylation is 1. The van der Waals surface area contributed by atoms with Crippen molar-refractivity contribution in [2.45, 2.75) is 52.9 Å². The largest absolute Gasteiger partial charge is 0.278 e. The van der Waals surface area contributed by atoms with Gasteiger partial charge in [0, 0.05) is 23.7 Å². The first-order valence-corrected chi connectivity index (χ1v) is 7.39. The Bertz CT molecular complexity index is 606. The third kappa shape index (κ3) is 3.05. The number of hydrogen-bond acceptors (Lipinski definition) is 4. The van der Waals surface area contributed by atoms with Crippen LogP contribution in [0.5, 0.6) is 0 Å². The fourth-order valence-electron chi connectivity index (χ4n) is 3.51. The molecule has 0 spiro atoms. The van der Waals surface area contributed by atoms with Crippen LogP contribution in [0.4, 0.5) is 5.69 Å². The molecule has 1 heterocycles. The van der Waals surface area contributed by atoms with Gasteiger partial charge < -0.3 is 0 Å². The molecule has 2 unspecified atom stereocenters. The van der Waals surface area contributed by atoms with Gasteiger partial charge in [-0.1, -0.05) is 19.8 Å². The number of aromatic nitrogens is 1. The van der Waals surface area contributed by atoms with E-state index < -0.39 is 5.41 Å². The van der Waals surface area contributed by atoms with E-state index >= 15 is 0 Å². The van der Waals surface area contributed by atoms with Crippen LogP contribution in [0.25, 0.3) is 0 Å². The number of rotatable bonds is 3. The lowest BCUT2D eigenvalue weighted by molar-refractivity contribution is -0.386. The van der Waals surface area contributed by atoms with E-state index in [0.29, 0.717) is 29.2 Å². The van der Waals surface area contributed by atoms with Gasteiger partial charge in [-0.3, -0.25) is 15.1 Å². The van der Waals surface area contributed by atoms with E-state index in [1.165, 1.54) is 0 Å². The zero-order valence-electron chi connectivity index (χ0n) is 12.8. The highest BCUT2D eigenvalue weighted by molar-refractivity contribution is 5.47. The van der Waals surface area contributed by atoms with E-state index in [4.69, 9.17) is 0 Å². The quantitative estimate of drug-likeness (QED) is 0.624. The molecule has 2 rings (SSSR count). The highest BCUT2D eigenvalue weighted by Crippen LogP contribution is 2.42. The van der Waals surface area contributed by atoms with Crippen molar-refractivity contribution in [2.24, 2.45) is 11.3 Å². The molecule has 0 radical (unpaired) electrons. The first kappa shape index (κ1) is 15.4. The van der Waals surface area contributed by atoms with Crippen molar-refractivity contribution < 1.29 is 4.92 Å². The van der Waals surface area contributed by atoms with Crippen molar-refractivity contribution in [3.63, 3.8) is 0 Å². The summed E-state index contributed by atoms with van der Waals surface area (Å²) in [6.07, 6.45) is 5.98. The molecular formula is C16H21N3O2. The predicted octanol–water partition coefficient (Wildman–Crippen LogP) is 3.87. The fourth-order valence-corrected chi connectivity index (χ4v) is 3.51. The van der Waals surface area contributed by atoms with Crippen LogP contribution in [-0.2, 0) is 6.42 Å². The number of nitrogens with zero attached hydrogens (tertiary/aromatic N) is 3. The van der Waals surface area contributed by atoms with Crippen LogP contribution < -0.4 is 0 Å². The number of hydrogen-bond donors (Lipinski definition) is 0. The first-order valence-electron chi connectivity index (χ1n) is 7.39. The Labute approximate surface area is 125 Å². The summed E-state index contributed by atoms with van der Waals surface area (Å²) in [7, 11) is 0. The Morgan fingerprint density at radius 3 is 2.86 bits per heavy atom. The molecule has 0 aliphatic heterocycles. The van der Waals surface area contributed by atoms with Crippen molar-refractivity contribution in [1.82, 2.24) is 4.98 Å². The van der Waals surface area contributed by atoms with Gasteiger partial charge in [-0.05, 0) is 32.6 Å². The molecule has 0 N–H and O–H groups in total. The van der Waals surface area contributed by atoms with Gasteiger partial charge in [-0.25, -0.2) is 0 Å². The Morgan fingerprint density at radius 1 is 1.57 bits per heavy atom. The van der Waals surface area contributed by atoms with Crippen molar-refractivity contribution in [3.8, 4) is 6.07 Å². The number of nitro groups is 1. The molecule has 1 fully saturated rings. The Hall–Kier alpha value is -1.96. The second-order valence-corrected chi connectivity index (χ2v) is 6.39. The summed E-state index contributed by atoms with van der Waals surface area (Å²) in [6, 6.07) is 2.48. The van der Waals surface area contributed by atoms with Crippen LogP contribution in [-0.4, -0.2) is 9.91 Å². The zero-order valence-corrected chi connectivity index (χ0v) is 12.8. The number of nitriles is 1. The van der Waals surface area contributed by atoms with E-state index in [-0.39, 0.29) is 10.6 Å².